The predicted molar refractivity (Wildman–Crippen MR) is 96.2 cm³/mol. The standard InChI is InChI=1S/C19H25N3O/c1-5-8-18(23)21-14-11-12-17(20-13-14)22-16-10-7-6-9-15(16)19(2,3)4/h6-7,9-13H,5,8H2,1-4H3,(H,20,22)(H,21,23). The molecule has 0 radical (unpaired) electrons. The maximum absolute atomic E-state index is 11.6. The highest BCUT2D eigenvalue weighted by atomic mass is 16.1. The fraction of sp³-hybridized carbons (Fsp3) is 0.368. The van der Waals surface area contributed by atoms with E-state index in [1.54, 1.807) is 6.20 Å². The minimum Gasteiger partial charge on any atom is -0.340 e. The molecular formula is C19H25N3O. The second kappa shape index (κ2) is 7.27. The maximum atomic E-state index is 11.6. The molecule has 0 saturated carbocycles. The normalized spacial score (nSPS) is 11.1. The highest BCUT2D eigenvalue weighted by Crippen LogP contribution is 2.30. The minimum atomic E-state index is 0.0214. The van der Waals surface area contributed by atoms with Crippen LogP contribution in [0.3, 0.4) is 0 Å². The summed E-state index contributed by atoms with van der Waals surface area (Å²) in [7, 11) is 0. The SMILES string of the molecule is CCCC(=O)Nc1ccc(Nc2ccccc2C(C)(C)C)nc1. The first-order valence-electron chi connectivity index (χ1n) is 8.02. The van der Waals surface area contributed by atoms with Gasteiger partial charge in [0.05, 0.1) is 11.9 Å². The number of nitrogens with one attached hydrogen (secondary N) is 2. The molecule has 2 N–H and O–H groups in total. The Morgan fingerprint density at radius 2 is 1.87 bits per heavy atom. The van der Waals surface area contributed by atoms with Crippen molar-refractivity contribution in [2.75, 3.05) is 10.6 Å². The molecule has 0 aliphatic rings. The van der Waals surface area contributed by atoms with Crippen LogP contribution in [0.2, 0.25) is 0 Å². The first-order valence-corrected chi connectivity index (χ1v) is 8.02. The summed E-state index contributed by atoms with van der Waals surface area (Å²) in [5, 5.41) is 6.20. The van der Waals surface area contributed by atoms with Crippen molar-refractivity contribution >= 4 is 23.1 Å². The number of pyridine rings is 1. The Balaban J connectivity index is 2.12. The van der Waals surface area contributed by atoms with E-state index in [-0.39, 0.29) is 11.3 Å². The van der Waals surface area contributed by atoms with E-state index in [1.807, 2.05) is 31.2 Å². The van der Waals surface area contributed by atoms with Crippen LogP contribution in [0.1, 0.15) is 46.1 Å². The van der Waals surface area contributed by atoms with Crippen molar-refractivity contribution in [2.24, 2.45) is 0 Å². The zero-order valence-electron chi connectivity index (χ0n) is 14.3. The Bertz CT molecular complexity index is 657. The number of aromatic nitrogens is 1. The average Bonchev–Trinajstić information content (AvgIpc) is 2.49. The van der Waals surface area contributed by atoms with Gasteiger partial charge < -0.3 is 10.6 Å². The molecule has 1 amide bonds. The Labute approximate surface area is 138 Å². The van der Waals surface area contributed by atoms with E-state index in [9.17, 15) is 4.79 Å². The molecule has 4 heteroatoms. The summed E-state index contributed by atoms with van der Waals surface area (Å²) in [4.78, 5) is 16.0. The molecule has 1 aromatic heterocycles. The fourth-order valence-corrected chi connectivity index (χ4v) is 2.38. The van der Waals surface area contributed by atoms with Gasteiger partial charge in [0.2, 0.25) is 5.91 Å². The lowest BCUT2D eigenvalue weighted by Crippen LogP contribution is -2.14. The van der Waals surface area contributed by atoms with Gasteiger partial charge >= 0.3 is 0 Å². The summed E-state index contributed by atoms with van der Waals surface area (Å²) in [6, 6.07) is 12.0. The highest BCUT2D eigenvalue weighted by Gasteiger charge is 2.17. The van der Waals surface area contributed by atoms with E-state index < -0.39 is 0 Å². The number of nitrogens with zero attached hydrogens (tertiary/aromatic N) is 1. The Kier molecular flexibility index (Phi) is 5.37. The molecule has 0 bridgehead atoms. The van der Waals surface area contributed by atoms with Crippen molar-refractivity contribution < 1.29 is 4.79 Å². The first kappa shape index (κ1) is 17.0. The van der Waals surface area contributed by atoms with Crippen LogP contribution in [0.4, 0.5) is 17.2 Å². The molecule has 23 heavy (non-hydrogen) atoms. The number of benzene rings is 1. The number of amides is 1. The number of para-hydroxylation sites is 1. The molecule has 122 valence electrons. The van der Waals surface area contributed by atoms with Crippen LogP contribution in [0.15, 0.2) is 42.6 Å². The van der Waals surface area contributed by atoms with Gasteiger partial charge in [0.25, 0.3) is 0 Å². The van der Waals surface area contributed by atoms with Gasteiger partial charge in [-0.25, -0.2) is 4.98 Å². The molecule has 0 aliphatic carbocycles. The molecule has 0 fully saturated rings. The molecule has 0 atom stereocenters. The monoisotopic (exact) mass is 311 g/mol. The van der Waals surface area contributed by atoms with Crippen LogP contribution in [0.5, 0.6) is 0 Å². The van der Waals surface area contributed by atoms with Gasteiger partial charge in [-0.05, 0) is 35.6 Å². The van der Waals surface area contributed by atoms with E-state index in [2.05, 4.69) is 48.5 Å². The van der Waals surface area contributed by atoms with Crippen LogP contribution in [-0.2, 0) is 10.2 Å². The number of hydrogen-bond acceptors (Lipinski definition) is 3. The molecular weight excluding hydrogens is 286 g/mol. The number of anilines is 3. The topological polar surface area (TPSA) is 54.0 Å². The Morgan fingerprint density at radius 1 is 1.13 bits per heavy atom. The molecule has 0 aliphatic heterocycles. The fourth-order valence-electron chi connectivity index (χ4n) is 2.38. The van der Waals surface area contributed by atoms with E-state index >= 15 is 0 Å². The lowest BCUT2D eigenvalue weighted by molar-refractivity contribution is -0.116. The number of carbonyl (C=O) groups is 1. The predicted octanol–water partition coefficient (Wildman–Crippen LogP) is 4.86. The summed E-state index contributed by atoms with van der Waals surface area (Å²) in [6.45, 7) is 8.55. The smallest absolute Gasteiger partial charge is 0.224 e. The molecule has 0 unspecified atom stereocenters. The molecule has 1 heterocycles. The van der Waals surface area contributed by atoms with E-state index in [0.29, 0.717) is 6.42 Å². The van der Waals surface area contributed by atoms with Crippen molar-refractivity contribution in [2.45, 2.75) is 46.0 Å². The van der Waals surface area contributed by atoms with Crippen molar-refractivity contribution in [1.29, 1.82) is 0 Å². The summed E-state index contributed by atoms with van der Waals surface area (Å²) >= 11 is 0. The number of carbonyl (C=O) groups excluding carboxylic acids is 1. The molecule has 1 aromatic carbocycles. The highest BCUT2D eigenvalue weighted by molar-refractivity contribution is 5.90. The van der Waals surface area contributed by atoms with Gasteiger partial charge in [-0.2, -0.15) is 0 Å². The zero-order valence-corrected chi connectivity index (χ0v) is 14.3. The molecule has 0 saturated heterocycles. The molecule has 0 spiro atoms. The zero-order chi connectivity index (χ0) is 16.9. The average molecular weight is 311 g/mol. The van der Waals surface area contributed by atoms with Gasteiger partial charge in [-0.1, -0.05) is 45.9 Å². The largest absolute Gasteiger partial charge is 0.340 e. The third kappa shape index (κ3) is 4.81. The summed E-state index contributed by atoms with van der Waals surface area (Å²) in [5.74, 6) is 0.781. The summed E-state index contributed by atoms with van der Waals surface area (Å²) in [6.07, 6.45) is 3.04. The van der Waals surface area contributed by atoms with Crippen molar-refractivity contribution in [1.82, 2.24) is 4.98 Å². The second-order valence-electron chi connectivity index (χ2n) is 6.65. The van der Waals surface area contributed by atoms with E-state index in [0.717, 1.165) is 23.6 Å². The third-order valence-corrected chi connectivity index (χ3v) is 3.52. The second-order valence-corrected chi connectivity index (χ2v) is 6.65. The van der Waals surface area contributed by atoms with Crippen molar-refractivity contribution in [3.8, 4) is 0 Å². The van der Waals surface area contributed by atoms with Crippen LogP contribution in [0.25, 0.3) is 0 Å². The maximum Gasteiger partial charge on any atom is 0.224 e. The van der Waals surface area contributed by atoms with Gasteiger partial charge in [0.1, 0.15) is 5.82 Å². The minimum absolute atomic E-state index is 0.0214. The lowest BCUT2D eigenvalue weighted by atomic mass is 9.86. The van der Waals surface area contributed by atoms with Crippen LogP contribution in [-0.4, -0.2) is 10.9 Å². The van der Waals surface area contributed by atoms with Crippen LogP contribution >= 0.6 is 0 Å². The summed E-state index contributed by atoms with van der Waals surface area (Å²) in [5.41, 5.74) is 3.06. The van der Waals surface area contributed by atoms with Crippen molar-refractivity contribution in [3.05, 3.63) is 48.2 Å². The van der Waals surface area contributed by atoms with Crippen LogP contribution in [0, 0.1) is 0 Å². The van der Waals surface area contributed by atoms with E-state index in [4.69, 9.17) is 0 Å². The number of hydrogen-bond donors (Lipinski definition) is 2. The van der Waals surface area contributed by atoms with Gasteiger partial charge in [-0.3, -0.25) is 4.79 Å². The van der Waals surface area contributed by atoms with Crippen molar-refractivity contribution in [3.63, 3.8) is 0 Å². The lowest BCUT2D eigenvalue weighted by Gasteiger charge is -2.23. The Morgan fingerprint density at radius 3 is 2.48 bits per heavy atom. The molecule has 2 aromatic rings. The van der Waals surface area contributed by atoms with Gasteiger partial charge in [0, 0.05) is 12.1 Å². The van der Waals surface area contributed by atoms with Gasteiger partial charge in [-0.15, -0.1) is 0 Å². The van der Waals surface area contributed by atoms with E-state index in [1.165, 1.54) is 5.56 Å². The molecule has 4 nitrogen and oxygen atoms in total. The summed E-state index contributed by atoms with van der Waals surface area (Å²) < 4.78 is 0. The molecule has 2 rings (SSSR count). The quantitative estimate of drug-likeness (QED) is 0.829. The number of rotatable bonds is 5. The third-order valence-electron chi connectivity index (χ3n) is 3.52. The van der Waals surface area contributed by atoms with Crippen LogP contribution < -0.4 is 10.6 Å². The Hall–Kier alpha value is -2.36. The first-order chi connectivity index (χ1) is 10.9. The van der Waals surface area contributed by atoms with Gasteiger partial charge in [0.15, 0.2) is 0 Å².